The molecule has 2 aromatic heterocycles. The zero-order valence-corrected chi connectivity index (χ0v) is 12.5. The Morgan fingerprint density at radius 3 is 2.73 bits per heavy atom. The van der Waals surface area contributed by atoms with Gasteiger partial charge < -0.3 is 14.3 Å². The van der Waals surface area contributed by atoms with Crippen LogP contribution < -0.4 is 5.32 Å². The Morgan fingerprint density at radius 1 is 1.27 bits per heavy atom. The highest BCUT2D eigenvalue weighted by molar-refractivity contribution is 5.92. The molecule has 0 saturated heterocycles. The van der Waals surface area contributed by atoms with E-state index < -0.39 is 0 Å². The molecule has 22 heavy (non-hydrogen) atoms. The molecule has 0 saturated carbocycles. The largest absolute Gasteiger partial charge is 0.444 e. The molecule has 0 radical (unpaired) electrons. The molecule has 5 heteroatoms. The first-order chi connectivity index (χ1) is 10.6. The van der Waals surface area contributed by atoms with Gasteiger partial charge in [-0.3, -0.25) is 4.79 Å². The number of benzene rings is 1. The molecule has 3 rings (SSSR count). The summed E-state index contributed by atoms with van der Waals surface area (Å²) in [7, 11) is 1.83. The van der Waals surface area contributed by atoms with Crippen LogP contribution in [-0.4, -0.2) is 15.5 Å². The number of amides is 1. The number of rotatable bonds is 4. The van der Waals surface area contributed by atoms with E-state index in [1.807, 2.05) is 50.5 Å². The van der Waals surface area contributed by atoms with Crippen molar-refractivity contribution in [2.24, 2.45) is 7.05 Å². The minimum Gasteiger partial charge on any atom is -0.444 e. The Bertz CT molecular complexity index is 784. The van der Waals surface area contributed by atoms with E-state index in [1.165, 1.54) is 5.56 Å². The fourth-order valence-corrected chi connectivity index (χ4v) is 2.18. The van der Waals surface area contributed by atoms with E-state index >= 15 is 0 Å². The summed E-state index contributed by atoms with van der Waals surface area (Å²) in [4.78, 5) is 16.4. The van der Waals surface area contributed by atoms with Gasteiger partial charge in [-0.05, 0) is 31.2 Å². The summed E-state index contributed by atoms with van der Waals surface area (Å²) < 4.78 is 7.24. The van der Waals surface area contributed by atoms with Gasteiger partial charge in [0.2, 0.25) is 5.89 Å². The van der Waals surface area contributed by atoms with Gasteiger partial charge in [0.25, 0.3) is 5.91 Å². The van der Waals surface area contributed by atoms with Gasteiger partial charge in [-0.2, -0.15) is 0 Å². The Labute approximate surface area is 128 Å². The maximum absolute atomic E-state index is 12.0. The first kappa shape index (κ1) is 14.1. The lowest BCUT2D eigenvalue weighted by atomic mass is 10.1. The van der Waals surface area contributed by atoms with Crippen LogP contribution in [0.5, 0.6) is 0 Å². The number of aryl methyl sites for hydroxylation is 2. The van der Waals surface area contributed by atoms with E-state index in [0.717, 1.165) is 5.56 Å². The van der Waals surface area contributed by atoms with Crippen LogP contribution >= 0.6 is 0 Å². The number of aromatic nitrogens is 2. The second kappa shape index (κ2) is 5.89. The van der Waals surface area contributed by atoms with Gasteiger partial charge in [-0.15, -0.1) is 0 Å². The molecular formula is C17H17N3O2. The SMILES string of the molecule is Cc1ccc(-c2nc(CNC(=O)c3cccn3C)co2)cc1. The topological polar surface area (TPSA) is 60.1 Å². The van der Waals surface area contributed by atoms with Crippen molar-refractivity contribution in [3.63, 3.8) is 0 Å². The highest BCUT2D eigenvalue weighted by atomic mass is 16.3. The van der Waals surface area contributed by atoms with Crippen molar-refractivity contribution in [2.45, 2.75) is 13.5 Å². The quantitative estimate of drug-likeness (QED) is 0.805. The summed E-state index contributed by atoms with van der Waals surface area (Å²) >= 11 is 0. The molecule has 0 atom stereocenters. The lowest BCUT2D eigenvalue weighted by molar-refractivity contribution is 0.0942. The fraction of sp³-hybridized carbons (Fsp3) is 0.176. The van der Waals surface area contributed by atoms with Crippen LogP contribution in [0.2, 0.25) is 0 Å². The van der Waals surface area contributed by atoms with Gasteiger partial charge in [0, 0.05) is 18.8 Å². The molecule has 0 aliphatic heterocycles. The monoisotopic (exact) mass is 295 g/mol. The minimum absolute atomic E-state index is 0.132. The minimum atomic E-state index is -0.132. The summed E-state index contributed by atoms with van der Waals surface area (Å²) in [5.41, 5.74) is 3.41. The number of carbonyl (C=O) groups excluding carboxylic acids is 1. The van der Waals surface area contributed by atoms with Crippen molar-refractivity contribution in [3.8, 4) is 11.5 Å². The van der Waals surface area contributed by atoms with Gasteiger partial charge in [0.05, 0.1) is 12.2 Å². The third-order valence-corrected chi connectivity index (χ3v) is 3.46. The molecule has 1 aromatic carbocycles. The average Bonchev–Trinajstić information content (AvgIpc) is 3.14. The first-order valence-electron chi connectivity index (χ1n) is 7.04. The van der Waals surface area contributed by atoms with Crippen molar-refractivity contribution in [1.82, 2.24) is 14.9 Å². The van der Waals surface area contributed by atoms with Crippen LogP contribution in [0.1, 0.15) is 21.7 Å². The standard InChI is InChI=1S/C17H17N3O2/c1-12-5-7-13(8-6-12)17-19-14(11-22-17)10-18-16(21)15-4-3-9-20(15)2/h3-9,11H,10H2,1-2H3,(H,18,21). The maximum atomic E-state index is 12.0. The highest BCUT2D eigenvalue weighted by Crippen LogP contribution is 2.19. The van der Waals surface area contributed by atoms with E-state index in [1.54, 1.807) is 16.9 Å². The van der Waals surface area contributed by atoms with Crippen molar-refractivity contribution >= 4 is 5.91 Å². The van der Waals surface area contributed by atoms with Crippen LogP contribution in [0.25, 0.3) is 11.5 Å². The Balaban J connectivity index is 1.66. The van der Waals surface area contributed by atoms with E-state index in [-0.39, 0.29) is 5.91 Å². The van der Waals surface area contributed by atoms with Gasteiger partial charge in [-0.1, -0.05) is 17.7 Å². The fourth-order valence-electron chi connectivity index (χ4n) is 2.18. The van der Waals surface area contributed by atoms with E-state index in [4.69, 9.17) is 4.42 Å². The maximum Gasteiger partial charge on any atom is 0.268 e. The van der Waals surface area contributed by atoms with E-state index in [0.29, 0.717) is 23.8 Å². The Kier molecular flexibility index (Phi) is 3.78. The van der Waals surface area contributed by atoms with Crippen LogP contribution in [0, 0.1) is 6.92 Å². The van der Waals surface area contributed by atoms with Crippen LogP contribution in [0.4, 0.5) is 0 Å². The van der Waals surface area contributed by atoms with E-state index in [9.17, 15) is 4.79 Å². The normalized spacial score (nSPS) is 10.6. The molecule has 3 aromatic rings. The van der Waals surface area contributed by atoms with Crippen LogP contribution in [-0.2, 0) is 13.6 Å². The average molecular weight is 295 g/mol. The third kappa shape index (κ3) is 2.93. The number of carbonyl (C=O) groups is 1. The second-order valence-corrected chi connectivity index (χ2v) is 5.20. The van der Waals surface area contributed by atoms with Gasteiger partial charge in [-0.25, -0.2) is 4.98 Å². The lowest BCUT2D eigenvalue weighted by Gasteiger charge is -2.03. The zero-order chi connectivity index (χ0) is 15.5. The highest BCUT2D eigenvalue weighted by Gasteiger charge is 2.11. The summed E-state index contributed by atoms with van der Waals surface area (Å²) in [6.45, 7) is 2.36. The molecule has 5 nitrogen and oxygen atoms in total. The molecule has 0 fully saturated rings. The van der Waals surface area contributed by atoms with Crippen molar-refractivity contribution in [1.29, 1.82) is 0 Å². The number of nitrogens with zero attached hydrogens (tertiary/aromatic N) is 2. The van der Waals surface area contributed by atoms with Crippen molar-refractivity contribution < 1.29 is 9.21 Å². The number of hydrogen-bond donors (Lipinski definition) is 1. The molecule has 0 aliphatic rings. The predicted octanol–water partition coefficient (Wildman–Crippen LogP) is 2.92. The lowest BCUT2D eigenvalue weighted by Crippen LogP contribution is -2.24. The Hall–Kier alpha value is -2.82. The smallest absolute Gasteiger partial charge is 0.268 e. The first-order valence-corrected chi connectivity index (χ1v) is 7.04. The molecule has 0 spiro atoms. The number of hydrogen-bond acceptors (Lipinski definition) is 3. The molecule has 2 heterocycles. The summed E-state index contributed by atoms with van der Waals surface area (Å²) in [5, 5.41) is 2.83. The summed E-state index contributed by atoms with van der Waals surface area (Å²) in [6, 6.07) is 11.6. The molecule has 1 N–H and O–H groups in total. The zero-order valence-electron chi connectivity index (χ0n) is 12.5. The molecule has 1 amide bonds. The molecule has 0 bridgehead atoms. The summed E-state index contributed by atoms with van der Waals surface area (Å²) in [5.74, 6) is 0.426. The molecular weight excluding hydrogens is 278 g/mol. The molecule has 0 aliphatic carbocycles. The third-order valence-electron chi connectivity index (χ3n) is 3.46. The second-order valence-electron chi connectivity index (χ2n) is 5.20. The van der Waals surface area contributed by atoms with Crippen LogP contribution in [0.15, 0.2) is 53.3 Å². The molecule has 0 unspecified atom stereocenters. The number of nitrogens with one attached hydrogen (secondary N) is 1. The van der Waals surface area contributed by atoms with Crippen LogP contribution in [0.3, 0.4) is 0 Å². The van der Waals surface area contributed by atoms with Crippen molar-refractivity contribution in [2.75, 3.05) is 0 Å². The van der Waals surface area contributed by atoms with Gasteiger partial charge in [0.15, 0.2) is 0 Å². The van der Waals surface area contributed by atoms with Gasteiger partial charge >= 0.3 is 0 Å². The Morgan fingerprint density at radius 2 is 2.05 bits per heavy atom. The molecule has 112 valence electrons. The predicted molar refractivity (Wildman–Crippen MR) is 83.3 cm³/mol. The summed E-state index contributed by atoms with van der Waals surface area (Å²) in [6.07, 6.45) is 3.40. The van der Waals surface area contributed by atoms with Crippen molar-refractivity contribution in [3.05, 3.63) is 65.8 Å². The van der Waals surface area contributed by atoms with E-state index in [2.05, 4.69) is 10.3 Å². The number of oxazole rings is 1. The van der Waals surface area contributed by atoms with Gasteiger partial charge in [0.1, 0.15) is 12.0 Å².